The molecular formula is C11H17N3O2. The molecule has 1 aromatic rings. The van der Waals surface area contributed by atoms with Gasteiger partial charge in [0.25, 0.3) is 0 Å². The summed E-state index contributed by atoms with van der Waals surface area (Å²) in [6.45, 7) is 6.04. The minimum absolute atomic E-state index is 0.370. The second-order valence-corrected chi connectivity index (χ2v) is 4.42. The summed E-state index contributed by atoms with van der Waals surface area (Å²) in [6.07, 6.45) is 2.96. The lowest BCUT2D eigenvalue weighted by Crippen LogP contribution is -2.24. The van der Waals surface area contributed by atoms with E-state index in [-0.39, 0.29) is 0 Å². The first-order valence-corrected chi connectivity index (χ1v) is 5.11. The highest BCUT2D eigenvalue weighted by Gasteiger charge is 2.18. The molecule has 0 atom stereocenters. The Morgan fingerprint density at radius 3 is 2.38 bits per heavy atom. The lowest BCUT2D eigenvalue weighted by molar-refractivity contribution is 0.00685. The number of nitrogens with one attached hydrogen (secondary N) is 1. The van der Waals surface area contributed by atoms with Gasteiger partial charge in [-0.3, -0.25) is 0 Å². The van der Waals surface area contributed by atoms with Gasteiger partial charge in [0, 0.05) is 12.4 Å². The molecule has 0 spiro atoms. The van der Waals surface area contributed by atoms with E-state index < -0.39 is 11.6 Å². The van der Waals surface area contributed by atoms with Crippen molar-refractivity contribution in [2.24, 2.45) is 0 Å². The van der Waals surface area contributed by atoms with Gasteiger partial charge in [0.1, 0.15) is 11.4 Å². The van der Waals surface area contributed by atoms with Gasteiger partial charge < -0.3 is 10.1 Å². The van der Waals surface area contributed by atoms with E-state index >= 15 is 0 Å². The molecule has 5 heteroatoms. The molecule has 5 nitrogen and oxygen atoms in total. The summed E-state index contributed by atoms with van der Waals surface area (Å²) in [5, 5.41) is 2.93. The van der Waals surface area contributed by atoms with Crippen molar-refractivity contribution in [2.45, 2.75) is 32.9 Å². The van der Waals surface area contributed by atoms with Crippen molar-refractivity contribution in [1.82, 2.24) is 15.3 Å². The Hall–Kier alpha value is -1.49. The minimum Gasteiger partial charge on any atom is -0.456 e. The molecule has 1 aromatic heterocycles. The fourth-order valence-corrected chi connectivity index (χ4v) is 1.05. The number of esters is 1. The number of ether oxygens (including phenoxy) is 1. The molecular weight excluding hydrogens is 206 g/mol. The van der Waals surface area contributed by atoms with Crippen LogP contribution in [0, 0.1) is 0 Å². The second-order valence-electron chi connectivity index (χ2n) is 4.42. The Bertz CT molecular complexity index is 354. The highest BCUT2D eigenvalue weighted by molar-refractivity contribution is 5.88. The molecule has 0 unspecified atom stereocenters. The van der Waals surface area contributed by atoms with Crippen LogP contribution in [0.1, 0.15) is 37.0 Å². The zero-order valence-corrected chi connectivity index (χ0v) is 10.1. The molecule has 0 bridgehead atoms. The highest BCUT2D eigenvalue weighted by atomic mass is 16.6. The fourth-order valence-electron chi connectivity index (χ4n) is 1.05. The summed E-state index contributed by atoms with van der Waals surface area (Å²) in [4.78, 5) is 19.7. The normalized spacial score (nSPS) is 11.2. The number of carbonyl (C=O) groups is 1. The lowest BCUT2D eigenvalue weighted by atomic mass is 10.2. The van der Waals surface area contributed by atoms with E-state index in [9.17, 15) is 4.79 Å². The summed E-state index contributed by atoms with van der Waals surface area (Å²) in [5.41, 5.74) is -0.129. The van der Waals surface area contributed by atoms with Crippen LogP contribution >= 0.6 is 0 Å². The fraction of sp³-hybridized carbons (Fsp3) is 0.545. The van der Waals surface area contributed by atoms with Crippen LogP contribution in [0.5, 0.6) is 0 Å². The van der Waals surface area contributed by atoms with Gasteiger partial charge in [-0.25, -0.2) is 14.8 Å². The number of hydrogen-bond acceptors (Lipinski definition) is 5. The molecule has 0 amide bonds. The molecule has 0 aliphatic heterocycles. The molecule has 0 radical (unpaired) electrons. The van der Waals surface area contributed by atoms with E-state index in [0.29, 0.717) is 17.9 Å². The van der Waals surface area contributed by atoms with Gasteiger partial charge in [0.05, 0.1) is 12.1 Å². The molecule has 0 saturated heterocycles. The van der Waals surface area contributed by atoms with E-state index in [1.54, 1.807) is 0 Å². The van der Waals surface area contributed by atoms with Crippen LogP contribution < -0.4 is 5.32 Å². The topological polar surface area (TPSA) is 64.1 Å². The third-order valence-electron chi connectivity index (χ3n) is 1.67. The van der Waals surface area contributed by atoms with Crippen molar-refractivity contribution in [3.05, 3.63) is 23.8 Å². The smallest absolute Gasteiger partial charge is 0.341 e. The average molecular weight is 223 g/mol. The average Bonchev–Trinajstić information content (AvgIpc) is 2.16. The number of rotatable bonds is 3. The first kappa shape index (κ1) is 12.6. The lowest BCUT2D eigenvalue weighted by Gasteiger charge is -2.19. The first-order chi connectivity index (χ1) is 7.42. The summed E-state index contributed by atoms with van der Waals surface area (Å²) in [7, 11) is 1.81. The zero-order valence-electron chi connectivity index (χ0n) is 10.1. The van der Waals surface area contributed by atoms with Crippen LogP contribution in [0.15, 0.2) is 12.4 Å². The zero-order chi connectivity index (χ0) is 12.2. The van der Waals surface area contributed by atoms with Crippen molar-refractivity contribution in [1.29, 1.82) is 0 Å². The standard InChI is InChI=1S/C11H17N3O2/c1-11(2,3)16-10(15)8-5-13-9(7-12-4)14-6-8/h5-6,12H,7H2,1-4H3. The van der Waals surface area contributed by atoms with Crippen molar-refractivity contribution < 1.29 is 9.53 Å². The molecule has 88 valence electrons. The second kappa shape index (κ2) is 5.03. The number of carbonyl (C=O) groups excluding carboxylic acids is 1. The molecule has 0 fully saturated rings. The monoisotopic (exact) mass is 223 g/mol. The summed E-state index contributed by atoms with van der Waals surface area (Å²) >= 11 is 0. The number of nitrogens with zero attached hydrogens (tertiary/aromatic N) is 2. The summed E-state index contributed by atoms with van der Waals surface area (Å²) in [6, 6.07) is 0. The van der Waals surface area contributed by atoms with Crippen molar-refractivity contribution in [3.63, 3.8) is 0 Å². The minimum atomic E-state index is -0.499. The van der Waals surface area contributed by atoms with Crippen LogP contribution in [-0.4, -0.2) is 28.6 Å². The molecule has 0 aromatic carbocycles. The Balaban J connectivity index is 2.70. The predicted octanol–water partition coefficient (Wildman–Crippen LogP) is 1.15. The summed E-state index contributed by atoms with van der Waals surface area (Å²) < 4.78 is 5.19. The van der Waals surface area contributed by atoms with E-state index in [4.69, 9.17) is 4.74 Å². The van der Waals surface area contributed by atoms with Gasteiger partial charge in [0.15, 0.2) is 0 Å². The molecule has 1 heterocycles. The van der Waals surface area contributed by atoms with Gasteiger partial charge in [0.2, 0.25) is 0 Å². The van der Waals surface area contributed by atoms with E-state index in [1.165, 1.54) is 12.4 Å². The van der Waals surface area contributed by atoms with Crippen molar-refractivity contribution in [2.75, 3.05) is 7.05 Å². The third kappa shape index (κ3) is 3.94. The van der Waals surface area contributed by atoms with Crippen LogP contribution in [0.3, 0.4) is 0 Å². The van der Waals surface area contributed by atoms with E-state index in [2.05, 4.69) is 15.3 Å². The van der Waals surface area contributed by atoms with Crippen LogP contribution in [0.4, 0.5) is 0 Å². The first-order valence-electron chi connectivity index (χ1n) is 5.11. The Kier molecular flexibility index (Phi) is 3.95. The van der Waals surface area contributed by atoms with E-state index in [0.717, 1.165) is 0 Å². The maximum atomic E-state index is 11.6. The van der Waals surface area contributed by atoms with Crippen LogP contribution in [0.2, 0.25) is 0 Å². The molecule has 1 rings (SSSR count). The van der Waals surface area contributed by atoms with E-state index in [1.807, 2.05) is 27.8 Å². The largest absolute Gasteiger partial charge is 0.456 e. The van der Waals surface area contributed by atoms with Crippen LogP contribution in [-0.2, 0) is 11.3 Å². The number of aromatic nitrogens is 2. The van der Waals surface area contributed by atoms with Gasteiger partial charge in [-0.05, 0) is 27.8 Å². The molecule has 0 saturated carbocycles. The quantitative estimate of drug-likeness (QED) is 0.779. The Morgan fingerprint density at radius 2 is 1.94 bits per heavy atom. The Labute approximate surface area is 95.3 Å². The van der Waals surface area contributed by atoms with Gasteiger partial charge in [-0.15, -0.1) is 0 Å². The third-order valence-corrected chi connectivity index (χ3v) is 1.67. The van der Waals surface area contributed by atoms with Gasteiger partial charge in [-0.2, -0.15) is 0 Å². The number of hydrogen-bond donors (Lipinski definition) is 1. The molecule has 16 heavy (non-hydrogen) atoms. The van der Waals surface area contributed by atoms with Gasteiger partial charge >= 0.3 is 5.97 Å². The van der Waals surface area contributed by atoms with Crippen molar-refractivity contribution in [3.8, 4) is 0 Å². The molecule has 0 aliphatic carbocycles. The highest BCUT2D eigenvalue weighted by Crippen LogP contribution is 2.10. The summed E-state index contributed by atoms with van der Waals surface area (Å²) in [5.74, 6) is 0.248. The Morgan fingerprint density at radius 1 is 1.38 bits per heavy atom. The SMILES string of the molecule is CNCc1ncc(C(=O)OC(C)(C)C)cn1. The molecule has 0 aliphatic rings. The maximum absolute atomic E-state index is 11.6. The molecule has 1 N–H and O–H groups in total. The van der Waals surface area contributed by atoms with Crippen molar-refractivity contribution >= 4 is 5.97 Å². The maximum Gasteiger partial charge on any atom is 0.341 e. The van der Waals surface area contributed by atoms with Gasteiger partial charge in [-0.1, -0.05) is 0 Å². The van der Waals surface area contributed by atoms with Crippen LogP contribution in [0.25, 0.3) is 0 Å². The predicted molar refractivity (Wildman–Crippen MR) is 60.0 cm³/mol.